The van der Waals surface area contributed by atoms with Crippen LogP contribution in [0.15, 0.2) is 42.5 Å². The largest absolute Gasteiger partial charge is 0.465 e. The van der Waals surface area contributed by atoms with Crippen LogP contribution < -0.4 is 25.0 Å². The van der Waals surface area contributed by atoms with Crippen LogP contribution in [0.3, 0.4) is 0 Å². The molecule has 2 aromatic carbocycles. The zero-order valence-corrected chi connectivity index (χ0v) is 16.4. The third-order valence-corrected chi connectivity index (χ3v) is 5.21. The second-order valence-corrected chi connectivity index (χ2v) is 7.13. The zero-order valence-electron chi connectivity index (χ0n) is 16.4. The lowest BCUT2D eigenvalue weighted by atomic mass is 9.94. The first-order valence-electron chi connectivity index (χ1n) is 9.53. The molecular weight excluding hydrogens is 390 g/mol. The van der Waals surface area contributed by atoms with E-state index in [1.807, 2.05) is 24.3 Å². The Morgan fingerprint density at radius 1 is 1.10 bits per heavy atom. The van der Waals surface area contributed by atoms with E-state index in [1.165, 1.54) is 7.11 Å². The predicted octanol–water partition coefficient (Wildman–Crippen LogP) is 0.246. The Morgan fingerprint density at radius 2 is 1.87 bits per heavy atom. The molecule has 156 valence electrons. The lowest BCUT2D eigenvalue weighted by molar-refractivity contribution is -0.924. The van der Waals surface area contributed by atoms with Gasteiger partial charge in [-0.2, -0.15) is 0 Å². The van der Waals surface area contributed by atoms with Gasteiger partial charge in [0.25, 0.3) is 5.91 Å². The maximum Gasteiger partial charge on any atom is 0.365 e. The molecule has 30 heavy (non-hydrogen) atoms. The van der Waals surface area contributed by atoms with Crippen LogP contribution in [0.5, 0.6) is 11.5 Å². The predicted molar refractivity (Wildman–Crippen MR) is 105 cm³/mol. The molecule has 0 saturated carbocycles. The average Bonchev–Trinajstić information content (AvgIpc) is 3.20. The number of amides is 3. The monoisotopic (exact) mass is 412 g/mol. The molecule has 4 rings (SSSR count). The lowest BCUT2D eigenvalue weighted by Gasteiger charge is -2.31. The summed E-state index contributed by atoms with van der Waals surface area (Å²) in [5, 5.41) is 4.90. The number of benzene rings is 2. The summed E-state index contributed by atoms with van der Waals surface area (Å²) in [7, 11) is 1.33. The Bertz CT molecular complexity index is 992. The van der Waals surface area contributed by atoms with Gasteiger partial charge in [0, 0.05) is 23.7 Å². The molecule has 3 amide bonds. The van der Waals surface area contributed by atoms with Gasteiger partial charge in [0.2, 0.25) is 6.79 Å². The number of carbonyl (C=O) groups excluding carboxylic acids is 3. The number of ether oxygens (including phenoxy) is 3. The molecule has 1 unspecified atom stereocenters. The van der Waals surface area contributed by atoms with Crippen LogP contribution in [-0.2, 0) is 27.3 Å². The smallest absolute Gasteiger partial charge is 0.365 e. The molecule has 3 N–H and O–H groups in total. The van der Waals surface area contributed by atoms with Crippen molar-refractivity contribution >= 4 is 23.6 Å². The van der Waals surface area contributed by atoms with E-state index >= 15 is 0 Å². The first kappa shape index (κ1) is 19.7. The molecule has 2 aliphatic heterocycles. The first-order chi connectivity index (χ1) is 14.5. The van der Waals surface area contributed by atoms with Gasteiger partial charge in [0.1, 0.15) is 6.54 Å². The van der Waals surface area contributed by atoms with E-state index in [9.17, 15) is 14.4 Å². The second-order valence-electron chi connectivity index (χ2n) is 7.13. The summed E-state index contributed by atoms with van der Waals surface area (Å²) in [6, 6.07) is 11.6. The van der Waals surface area contributed by atoms with E-state index in [0.717, 1.165) is 16.0 Å². The number of rotatable bonds is 4. The first-order valence-corrected chi connectivity index (χ1v) is 9.53. The van der Waals surface area contributed by atoms with Crippen molar-refractivity contribution in [2.75, 3.05) is 25.8 Å². The summed E-state index contributed by atoms with van der Waals surface area (Å²) in [6.07, 6.45) is 0.481. The highest BCUT2D eigenvalue weighted by Gasteiger charge is 2.37. The van der Waals surface area contributed by atoms with Gasteiger partial charge in [-0.05, 0) is 17.7 Å². The normalized spacial score (nSPS) is 18.8. The van der Waals surface area contributed by atoms with E-state index in [0.29, 0.717) is 30.2 Å². The molecule has 0 aliphatic carbocycles. The highest BCUT2D eigenvalue weighted by atomic mass is 16.7. The van der Waals surface area contributed by atoms with Crippen molar-refractivity contribution in [2.45, 2.75) is 19.0 Å². The molecule has 9 heteroatoms. The molecule has 2 aromatic rings. The third-order valence-electron chi connectivity index (χ3n) is 5.21. The SMILES string of the molecule is COC(=O)[C@@H]1Cc2ccccc2C[NH+]1CC(=O)NC(=O)Nc1ccc2c(c1)OCO2. The molecule has 0 spiro atoms. The quantitative estimate of drug-likeness (QED) is 0.622. The van der Waals surface area contributed by atoms with Gasteiger partial charge in [-0.3, -0.25) is 10.1 Å². The Balaban J connectivity index is 1.38. The summed E-state index contributed by atoms with van der Waals surface area (Å²) < 4.78 is 15.4. The maximum absolute atomic E-state index is 12.5. The zero-order chi connectivity index (χ0) is 21.1. The van der Waals surface area contributed by atoms with Crippen LogP contribution in [0, 0.1) is 0 Å². The van der Waals surface area contributed by atoms with Crippen molar-refractivity contribution < 1.29 is 33.5 Å². The third kappa shape index (κ3) is 4.20. The van der Waals surface area contributed by atoms with Crippen molar-refractivity contribution in [1.29, 1.82) is 0 Å². The molecule has 2 aliphatic rings. The number of nitrogens with one attached hydrogen (secondary N) is 3. The molecular formula is C21H22N3O6+. The number of fused-ring (bicyclic) bond motifs is 2. The lowest BCUT2D eigenvalue weighted by Crippen LogP contribution is -3.17. The fraction of sp³-hybridized carbons (Fsp3) is 0.286. The average molecular weight is 412 g/mol. The minimum absolute atomic E-state index is 0.0390. The van der Waals surface area contributed by atoms with E-state index < -0.39 is 18.0 Å². The molecule has 0 bridgehead atoms. The number of esters is 1. The van der Waals surface area contributed by atoms with E-state index in [4.69, 9.17) is 14.2 Å². The van der Waals surface area contributed by atoms with Gasteiger partial charge >= 0.3 is 12.0 Å². The van der Waals surface area contributed by atoms with Gasteiger partial charge in [0.15, 0.2) is 24.1 Å². The summed E-state index contributed by atoms with van der Waals surface area (Å²) in [5.74, 6) is 0.255. The Labute approximate surface area is 172 Å². The second kappa shape index (κ2) is 8.42. The van der Waals surface area contributed by atoms with E-state index in [1.54, 1.807) is 18.2 Å². The molecule has 0 aromatic heterocycles. The molecule has 2 heterocycles. The molecule has 2 atom stereocenters. The van der Waals surface area contributed by atoms with Crippen molar-refractivity contribution in [1.82, 2.24) is 5.32 Å². The number of hydrogen-bond donors (Lipinski definition) is 3. The molecule has 0 fully saturated rings. The Kier molecular flexibility index (Phi) is 5.53. The van der Waals surface area contributed by atoms with Crippen LogP contribution in [0.2, 0.25) is 0 Å². The van der Waals surface area contributed by atoms with Gasteiger partial charge < -0.3 is 24.4 Å². The molecule has 0 radical (unpaired) electrons. The van der Waals surface area contributed by atoms with Crippen LogP contribution in [0.1, 0.15) is 11.1 Å². The number of hydrogen-bond acceptors (Lipinski definition) is 6. The van der Waals surface area contributed by atoms with Crippen LogP contribution >= 0.6 is 0 Å². The number of anilines is 1. The molecule has 9 nitrogen and oxygen atoms in total. The minimum atomic E-state index is -0.662. The van der Waals surface area contributed by atoms with E-state index in [2.05, 4.69) is 10.6 Å². The topological polar surface area (TPSA) is 107 Å². The Hall–Kier alpha value is -3.59. The summed E-state index contributed by atoms with van der Waals surface area (Å²) >= 11 is 0. The van der Waals surface area contributed by atoms with Gasteiger partial charge in [-0.25, -0.2) is 9.59 Å². The number of carbonyl (C=O) groups is 3. The number of imide groups is 1. The van der Waals surface area contributed by atoms with Crippen molar-refractivity contribution in [3.63, 3.8) is 0 Å². The maximum atomic E-state index is 12.5. The van der Waals surface area contributed by atoms with Crippen molar-refractivity contribution in [2.24, 2.45) is 0 Å². The van der Waals surface area contributed by atoms with E-state index in [-0.39, 0.29) is 19.3 Å². The summed E-state index contributed by atoms with van der Waals surface area (Å²) in [5.41, 5.74) is 2.61. The number of urea groups is 1. The summed E-state index contributed by atoms with van der Waals surface area (Å²) in [6.45, 7) is 0.586. The van der Waals surface area contributed by atoms with Crippen LogP contribution in [0.4, 0.5) is 10.5 Å². The Morgan fingerprint density at radius 3 is 2.67 bits per heavy atom. The van der Waals surface area contributed by atoms with Crippen LogP contribution in [-0.4, -0.2) is 44.4 Å². The fourth-order valence-corrected chi connectivity index (χ4v) is 3.75. The van der Waals surface area contributed by atoms with Gasteiger partial charge in [-0.1, -0.05) is 24.3 Å². The highest BCUT2D eigenvalue weighted by Crippen LogP contribution is 2.34. The van der Waals surface area contributed by atoms with Gasteiger partial charge in [0.05, 0.1) is 7.11 Å². The number of methoxy groups -OCH3 is 1. The standard InChI is InChI=1S/C21H21N3O6/c1-28-20(26)16-8-13-4-2-3-5-14(13)10-24(16)11-19(25)23-21(27)22-15-6-7-17-18(9-15)30-12-29-17/h2-7,9,16H,8,10-12H2,1H3,(H2,22,23,25,27)/p+1/t16-/m0/s1. The minimum Gasteiger partial charge on any atom is -0.465 e. The molecule has 0 saturated heterocycles. The summed E-state index contributed by atoms with van der Waals surface area (Å²) in [4.78, 5) is 37.7. The highest BCUT2D eigenvalue weighted by molar-refractivity contribution is 6.01. The van der Waals surface area contributed by atoms with Crippen LogP contribution in [0.25, 0.3) is 0 Å². The number of quaternary nitrogens is 1. The van der Waals surface area contributed by atoms with Gasteiger partial charge in [-0.15, -0.1) is 0 Å². The fourth-order valence-electron chi connectivity index (χ4n) is 3.75. The van der Waals surface area contributed by atoms with Crippen molar-refractivity contribution in [3.05, 3.63) is 53.6 Å². The van der Waals surface area contributed by atoms with Crippen molar-refractivity contribution in [3.8, 4) is 11.5 Å².